The largest absolute Gasteiger partial charge is 0.394 e. The van der Waals surface area contributed by atoms with Crippen molar-refractivity contribution in [2.45, 2.75) is 375 Å². The van der Waals surface area contributed by atoms with E-state index >= 15 is 0 Å². The number of aliphatic hydroxyl groups excluding tert-OH is 11. The SMILES string of the molecule is CC/C=C\C/C=C\C/C=C\C/C=C\C/C=C\C/C=C\C/C=C\C/C=C\C/C=C\C/C=C\CCCCCCCCC(=O)NC(COC1OC(CO)C(OC2OC(CO)C(OC3OC(CO)C(O)C(O)C3O)C(O)C2O)C(O)C1O)C(O)/C=C/CC/C=C/CCCCCCCCCCCCCCCCCCCCC. The third-order valence-electron chi connectivity index (χ3n) is 19.6. The van der Waals surface area contributed by atoms with E-state index in [1.54, 1.807) is 6.08 Å². The van der Waals surface area contributed by atoms with E-state index < -0.39 is 124 Å². The van der Waals surface area contributed by atoms with E-state index in [1.165, 1.54) is 116 Å². The van der Waals surface area contributed by atoms with Gasteiger partial charge in [-0.25, -0.2) is 0 Å². The van der Waals surface area contributed by atoms with E-state index in [0.717, 1.165) is 122 Å². The van der Waals surface area contributed by atoms with Crippen molar-refractivity contribution in [1.82, 2.24) is 5.32 Å². The summed E-state index contributed by atoms with van der Waals surface area (Å²) in [5.74, 6) is -0.304. The van der Waals surface area contributed by atoms with Crippen LogP contribution < -0.4 is 5.32 Å². The summed E-state index contributed by atoms with van der Waals surface area (Å²) < 4.78 is 34.4. The van der Waals surface area contributed by atoms with Crippen molar-refractivity contribution in [3.8, 4) is 0 Å². The summed E-state index contributed by atoms with van der Waals surface area (Å²) in [7, 11) is 0. The molecule has 0 bridgehead atoms. The molecule has 3 rings (SSSR count). The second kappa shape index (κ2) is 66.3. The Labute approximate surface area is 644 Å². The normalized spacial score (nSPS) is 26.3. The van der Waals surface area contributed by atoms with E-state index in [1.807, 2.05) is 6.08 Å². The van der Waals surface area contributed by atoms with Gasteiger partial charge in [0.05, 0.1) is 38.6 Å². The number of aliphatic hydroxyl groups is 11. The van der Waals surface area contributed by atoms with Gasteiger partial charge in [0.2, 0.25) is 5.91 Å². The molecule has 0 aromatic carbocycles. The van der Waals surface area contributed by atoms with E-state index in [-0.39, 0.29) is 18.9 Å². The zero-order chi connectivity index (χ0) is 77.4. The van der Waals surface area contributed by atoms with Gasteiger partial charge in [0.15, 0.2) is 18.9 Å². The summed E-state index contributed by atoms with van der Waals surface area (Å²) in [6.45, 7) is 1.60. The molecule has 17 unspecified atom stereocenters. The Morgan fingerprint density at radius 1 is 0.346 bits per heavy atom. The Balaban J connectivity index is 1.38. The number of carbonyl (C=O) groups excluding carboxylic acids is 1. The highest BCUT2D eigenvalue weighted by Gasteiger charge is 2.54. The number of carbonyl (C=O) groups is 1. The number of allylic oxidation sites excluding steroid dienone is 23. The quantitative estimate of drug-likeness (QED) is 0.0199. The van der Waals surface area contributed by atoms with E-state index in [0.29, 0.717) is 12.8 Å². The Kier molecular flexibility index (Phi) is 60.0. The van der Waals surface area contributed by atoms with Crippen LogP contribution in [0.15, 0.2) is 146 Å². The maximum Gasteiger partial charge on any atom is 0.220 e. The zero-order valence-electron chi connectivity index (χ0n) is 65.6. The predicted octanol–water partition coefficient (Wildman–Crippen LogP) is 14.6. The van der Waals surface area contributed by atoms with Gasteiger partial charge in [0.25, 0.3) is 0 Å². The molecule has 0 spiro atoms. The minimum absolute atomic E-state index is 0.209. The van der Waals surface area contributed by atoms with E-state index in [9.17, 15) is 61.0 Å². The smallest absolute Gasteiger partial charge is 0.220 e. The molecule has 3 aliphatic heterocycles. The zero-order valence-corrected chi connectivity index (χ0v) is 65.6. The molecule has 17 atom stereocenters. The number of hydrogen-bond acceptors (Lipinski definition) is 18. The molecule has 3 heterocycles. The summed E-state index contributed by atoms with van der Waals surface area (Å²) in [5, 5.41) is 121. The number of amides is 1. The molecule has 612 valence electrons. The molecular weight excluding hydrogens is 1360 g/mol. The van der Waals surface area contributed by atoms with Crippen molar-refractivity contribution in [2.24, 2.45) is 0 Å². The van der Waals surface area contributed by atoms with Gasteiger partial charge in [-0.3, -0.25) is 4.79 Å². The summed E-state index contributed by atoms with van der Waals surface area (Å²) in [6, 6.07) is -1.01. The van der Waals surface area contributed by atoms with Crippen LogP contribution in [0.3, 0.4) is 0 Å². The van der Waals surface area contributed by atoms with E-state index in [4.69, 9.17) is 28.4 Å². The molecule has 0 aromatic heterocycles. The van der Waals surface area contributed by atoms with Crippen LogP contribution in [0, 0.1) is 0 Å². The first kappa shape index (κ1) is 96.9. The van der Waals surface area contributed by atoms with Crippen LogP contribution in [0.1, 0.15) is 271 Å². The first-order valence-corrected chi connectivity index (χ1v) is 41.6. The van der Waals surface area contributed by atoms with Gasteiger partial charge in [-0.2, -0.15) is 0 Å². The molecule has 1 amide bonds. The number of unbranched alkanes of at least 4 members (excludes halogenated alkanes) is 26. The Bertz CT molecular complexity index is 2500. The van der Waals surface area contributed by atoms with Crippen LogP contribution >= 0.6 is 0 Å². The van der Waals surface area contributed by atoms with Crippen LogP contribution in [-0.4, -0.2) is 193 Å². The van der Waals surface area contributed by atoms with Crippen LogP contribution in [0.5, 0.6) is 0 Å². The lowest BCUT2D eigenvalue weighted by molar-refractivity contribution is -0.379. The van der Waals surface area contributed by atoms with Gasteiger partial charge in [-0.05, 0) is 109 Å². The number of nitrogens with one attached hydrogen (secondary N) is 1. The average Bonchev–Trinajstić information content (AvgIpc) is 0.781. The lowest BCUT2D eigenvalue weighted by Crippen LogP contribution is -2.66. The fourth-order valence-electron chi connectivity index (χ4n) is 13.0. The third kappa shape index (κ3) is 45.7. The van der Waals surface area contributed by atoms with Crippen molar-refractivity contribution < 1.29 is 89.4 Å². The Morgan fingerprint density at radius 2 is 0.654 bits per heavy atom. The standard InChI is InChI=1S/C88H147NO18/c1-3-5-7-9-11-13-15-17-19-21-23-25-27-29-30-31-32-33-34-35-36-37-38-39-40-42-44-46-48-50-52-54-56-58-60-62-64-66-76(94)89-71(72(93)65-63-61-59-57-55-53-51-49-47-45-43-41-28-26-24-22-20-18-16-14-12-10-8-6-4-2)70-102-86-82(100)79(97)84(74(68-91)104-86)107-88-83(101)80(98)85(75(69-92)105-88)106-87-81(99)78(96)77(95)73(67-90)103-87/h5,7,11,13,17,19,23,25,29-30,32-33,35-36,38-39,42,44,48,50,55,57,63,65,71-75,77-88,90-93,95-101H,3-4,6,8-10,12,14-16,18,20-22,24,26-28,31,34,37,40-41,43,45-47,49,51-54,56,58-62,64,66-70H2,1-2H3,(H,89,94)/b7-5-,13-11-,19-17-,25-23-,30-29-,33-32-,36-35-,39-38-,44-42-,50-48-,57-55+,65-63+. The molecule has 0 aromatic rings. The second-order valence-electron chi connectivity index (χ2n) is 28.8. The number of ether oxygens (including phenoxy) is 6. The summed E-state index contributed by atoms with van der Waals surface area (Å²) >= 11 is 0. The molecule has 0 radical (unpaired) electrons. The summed E-state index contributed by atoms with van der Waals surface area (Å²) in [4.78, 5) is 13.5. The Morgan fingerprint density at radius 3 is 1.05 bits per heavy atom. The minimum Gasteiger partial charge on any atom is -0.394 e. The molecule has 107 heavy (non-hydrogen) atoms. The topological polar surface area (TPSA) is 307 Å². The first-order valence-electron chi connectivity index (χ1n) is 41.6. The van der Waals surface area contributed by atoms with Gasteiger partial charge in [-0.1, -0.05) is 301 Å². The van der Waals surface area contributed by atoms with Crippen LogP contribution in [0.2, 0.25) is 0 Å². The fraction of sp³-hybridized carbons (Fsp3) is 0.716. The van der Waals surface area contributed by atoms with Crippen LogP contribution in [0.4, 0.5) is 0 Å². The van der Waals surface area contributed by atoms with Crippen molar-refractivity contribution in [3.63, 3.8) is 0 Å². The van der Waals surface area contributed by atoms with Crippen molar-refractivity contribution >= 4 is 5.91 Å². The Hall–Kier alpha value is -4.33. The number of hydrogen-bond donors (Lipinski definition) is 12. The van der Waals surface area contributed by atoms with Crippen LogP contribution in [-0.2, 0) is 33.2 Å². The second-order valence-corrected chi connectivity index (χ2v) is 28.8. The maximum absolute atomic E-state index is 13.5. The molecule has 19 nitrogen and oxygen atoms in total. The van der Waals surface area contributed by atoms with Gasteiger partial charge in [-0.15, -0.1) is 0 Å². The van der Waals surface area contributed by atoms with Crippen LogP contribution in [0.25, 0.3) is 0 Å². The highest BCUT2D eigenvalue weighted by atomic mass is 16.8. The summed E-state index contributed by atoms with van der Waals surface area (Å²) in [6.07, 6.45) is 69.7. The van der Waals surface area contributed by atoms with Crippen molar-refractivity contribution in [3.05, 3.63) is 146 Å². The maximum atomic E-state index is 13.5. The first-order chi connectivity index (χ1) is 52.3. The number of rotatable bonds is 64. The van der Waals surface area contributed by atoms with Gasteiger partial charge in [0.1, 0.15) is 73.2 Å². The monoisotopic (exact) mass is 1510 g/mol. The van der Waals surface area contributed by atoms with Gasteiger partial charge >= 0.3 is 0 Å². The van der Waals surface area contributed by atoms with Crippen molar-refractivity contribution in [2.75, 3.05) is 26.4 Å². The molecule has 3 fully saturated rings. The highest BCUT2D eigenvalue weighted by molar-refractivity contribution is 5.76. The molecule has 3 aliphatic rings. The van der Waals surface area contributed by atoms with E-state index in [2.05, 4.69) is 153 Å². The minimum atomic E-state index is -1.99. The molecule has 3 saturated heterocycles. The molecule has 12 N–H and O–H groups in total. The molecule has 0 aliphatic carbocycles. The predicted molar refractivity (Wildman–Crippen MR) is 429 cm³/mol. The molecular formula is C88H147NO18. The molecule has 19 heteroatoms. The fourth-order valence-corrected chi connectivity index (χ4v) is 13.0. The summed E-state index contributed by atoms with van der Waals surface area (Å²) in [5.41, 5.74) is 0. The third-order valence-corrected chi connectivity index (χ3v) is 19.6. The average molecular weight is 1510 g/mol. The lowest BCUT2D eigenvalue weighted by atomic mass is 9.96. The molecule has 0 saturated carbocycles. The van der Waals surface area contributed by atoms with Gasteiger partial charge in [0, 0.05) is 6.42 Å². The van der Waals surface area contributed by atoms with Crippen molar-refractivity contribution in [1.29, 1.82) is 0 Å². The lowest BCUT2D eigenvalue weighted by Gasteiger charge is -2.48. The highest BCUT2D eigenvalue weighted by Crippen LogP contribution is 2.33. The van der Waals surface area contributed by atoms with Gasteiger partial charge < -0.3 is 89.9 Å².